The first-order valence-electron chi connectivity index (χ1n) is 9.11. The first kappa shape index (κ1) is 22.1. The molecule has 0 fully saturated rings. The SMILES string of the molecule is CC(=O)Oc1ccc(C(=O)CNC(C)(C)C)cc1OC(C)=O.c1ccc2c(c1)O2. The number of nitrogens with one attached hydrogen (secondary N) is 1. The largest absolute Gasteiger partial charge is 0.450 e. The summed E-state index contributed by atoms with van der Waals surface area (Å²) in [5, 5.41) is 3.08. The first-order chi connectivity index (χ1) is 13.5. The average Bonchev–Trinajstić information content (AvgIpc) is 3.40. The lowest BCUT2D eigenvalue weighted by Crippen LogP contribution is -2.39. The first-order valence-corrected chi connectivity index (χ1v) is 9.11. The molecule has 0 atom stereocenters. The molecule has 1 aliphatic rings. The standard InChI is InChI=1S/C16H21NO5.C6H4O/c1-10(18)21-14-7-6-12(8-15(14)22-11(2)19)13(20)9-17-16(3,4)5;1-2-4-6-5(3-1)7-6/h6-8,17H,9H2,1-5H3;1-4H. The molecule has 0 radical (unpaired) electrons. The number of carbonyl (C=O) groups is 3. The van der Waals surface area contributed by atoms with E-state index in [0.29, 0.717) is 5.56 Å². The van der Waals surface area contributed by atoms with Crippen molar-refractivity contribution in [3.8, 4) is 23.0 Å². The Labute approximate surface area is 170 Å². The Balaban J connectivity index is 0.000000351. The van der Waals surface area contributed by atoms with E-state index in [-0.39, 0.29) is 29.4 Å². The monoisotopic (exact) mass is 399 g/mol. The lowest BCUT2D eigenvalue weighted by atomic mass is 10.1. The molecule has 7 heteroatoms. The van der Waals surface area contributed by atoms with Gasteiger partial charge in [-0.15, -0.1) is 0 Å². The van der Waals surface area contributed by atoms with Crippen LogP contribution in [-0.2, 0) is 9.59 Å². The predicted molar refractivity (Wildman–Crippen MR) is 108 cm³/mol. The number of hydrogen-bond acceptors (Lipinski definition) is 7. The summed E-state index contributed by atoms with van der Waals surface area (Å²) in [6, 6.07) is 12.2. The van der Waals surface area contributed by atoms with Gasteiger partial charge in [-0.1, -0.05) is 12.1 Å². The van der Waals surface area contributed by atoms with Gasteiger partial charge >= 0.3 is 11.9 Å². The molecule has 3 rings (SSSR count). The van der Waals surface area contributed by atoms with Gasteiger partial charge in [0.1, 0.15) is 0 Å². The van der Waals surface area contributed by atoms with Crippen LogP contribution in [0.1, 0.15) is 45.0 Å². The lowest BCUT2D eigenvalue weighted by molar-refractivity contribution is -0.134. The van der Waals surface area contributed by atoms with Crippen LogP contribution in [0.25, 0.3) is 0 Å². The highest BCUT2D eigenvalue weighted by Gasteiger charge is 2.17. The number of hydrogen-bond donors (Lipinski definition) is 1. The Hall–Kier alpha value is -3.19. The van der Waals surface area contributed by atoms with Gasteiger partial charge < -0.3 is 19.5 Å². The fraction of sp³-hybridized carbons (Fsp3) is 0.318. The molecule has 0 bridgehead atoms. The second-order valence-corrected chi connectivity index (χ2v) is 7.42. The van der Waals surface area contributed by atoms with E-state index in [1.165, 1.54) is 32.0 Å². The summed E-state index contributed by atoms with van der Waals surface area (Å²) in [4.78, 5) is 34.3. The van der Waals surface area contributed by atoms with Crippen LogP contribution in [0.5, 0.6) is 23.0 Å². The Morgan fingerprint density at radius 1 is 0.897 bits per heavy atom. The minimum absolute atomic E-state index is 0.0457. The number of esters is 2. The molecule has 1 N–H and O–H groups in total. The van der Waals surface area contributed by atoms with Crippen LogP contribution in [0, 0.1) is 0 Å². The molecule has 0 unspecified atom stereocenters. The Morgan fingerprint density at radius 3 is 1.93 bits per heavy atom. The smallest absolute Gasteiger partial charge is 0.308 e. The zero-order valence-corrected chi connectivity index (χ0v) is 17.2. The van der Waals surface area contributed by atoms with Gasteiger partial charge in [-0.25, -0.2) is 0 Å². The summed E-state index contributed by atoms with van der Waals surface area (Å²) in [6.45, 7) is 8.48. The average molecular weight is 399 g/mol. The van der Waals surface area contributed by atoms with Gasteiger partial charge in [0, 0.05) is 24.9 Å². The van der Waals surface area contributed by atoms with Crippen molar-refractivity contribution >= 4 is 17.7 Å². The van der Waals surface area contributed by atoms with Crippen LogP contribution < -0.4 is 19.5 Å². The normalized spacial score (nSPS) is 11.2. The van der Waals surface area contributed by atoms with Crippen molar-refractivity contribution in [1.82, 2.24) is 5.32 Å². The molecule has 2 aromatic rings. The Kier molecular flexibility index (Phi) is 7.12. The van der Waals surface area contributed by atoms with Crippen LogP contribution in [0.15, 0.2) is 42.5 Å². The van der Waals surface area contributed by atoms with Crippen molar-refractivity contribution in [2.75, 3.05) is 6.54 Å². The minimum atomic E-state index is -0.564. The highest BCUT2D eigenvalue weighted by molar-refractivity contribution is 5.98. The zero-order valence-electron chi connectivity index (χ0n) is 17.2. The molecule has 0 aliphatic carbocycles. The van der Waals surface area contributed by atoms with E-state index in [4.69, 9.17) is 14.2 Å². The molecule has 1 heterocycles. The summed E-state index contributed by atoms with van der Waals surface area (Å²) in [5.41, 5.74) is 0.176. The number of carbonyl (C=O) groups excluding carboxylic acids is 3. The van der Waals surface area contributed by atoms with Gasteiger partial charge in [0.2, 0.25) is 0 Å². The van der Waals surface area contributed by atoms with Crippen molar-refractivity contribution in [3.05, 3.63) is 48.0 Å². The number of fused-ring (bicyclic) bond motifs is 1. The quantitative estimate of drug-likeness (QED) is 0.301. The van der Waals surface area contributed by atoms with E-state index in [9.17, 15) is 14.4 Å². The van der Waals surface area contributed by atoms with Gasteiger partial charge in [-0.3, -0.25) is 14.4 Å². The van der Waals surface area contributed by atoms with Gasteiger partial charge in [0.05, 0.1) is 6.54 Å². The number of rotatable bonds is 5. The van der Waals surface area contributed by atoms with Crippen LogP contribution in [-0.4, -0.2) is 29.8 Å². The van der Waals surface area contributed by atoms with E-state index in [0.717, 1.165) is 11.5 Å². The van der Waals surface area contributed by atoms with Crippen molar-refractivity contribution < 1.29 is 28.6 Å². The lowest BCUT2D eigenvalue weighted by Gasteiger charge is -2.20. The second-order valence-electron chi connectivity index (χ2n) is 7.42. The summed E-state index contributed by atoms with van der Waals surface area (Å²) in [7, 11) is 0. The summed E-state index contributed by atoms with van der Waals surface area (Å²) < 4.78 is 14.9. The molecule has 0 saturated heterocycles. The molecular formula is C22H25NO6. The molecule has 2 aromatic carbocycles. The maximum absolute atomic E-state index is 12.2. The van der Waals surface area contributed by atoms with E-state index >= 15 is 0 Å². The fourth-order valence-electron chi connectivity index (χ4n) is 2.21. The topological polar surface area (TPSA) is 94.2 Å². The highest BCUT2D eigenvalue weighted by atomic mass is 16.6. The van der Waals surface area contributed by atoms with E-state index < -0.39 is 11.9 Å². The summed E-state index contributed by atoms with van der Waals surface area (Å²) in [6.07, 6.45) is 0. The van der Waals surface area contributed by atoms with E-state index in [1.54, 1.807) is 0 Å². The van der Waals surface area contributed by atoms with Gasteiger partial charge in [-0.05, 0) is 51.1 Å². The third kappa shape index (κ3) is 7.75. The number of ketones is 1. The Bertz CT molecular complexity index is 893. The molecule has 0 aromatic heterocycles. The van der Waals surface area contributed by atoms with Crippen LogP contribution >= 0.6 is 0 Å². The molecule has 29 heavy (non-hydrogen) atoms. The number of para-hydroxylation sites is 2. The maximum Gasteiger partial charge on any atom is 0.308 e. The highest BCUT2D eigenvalue weighted by Crippen LogP contribution is 2.43. The third-order valence-corrected chi connectivity index (χ3v) is 3.58. The Morgan fingerprint density at radius 2 is 1.45 bits per heavy atom. The molecule has 0 saturated carbocycles. The number of benzene rings is 2. The number of ether oxygens (including phenoxy) is 3. The number of Topliss-reactive ketones (excluding diaryl/α,β-unsaturated/α-hetero) is 1. The van der Waals surface area contributed by atoms with Crippen LogP contribution in [0.4, 0.5) is 0 Å². The molecule has 0 amide bonds. The van der Waals surface area contributed by atoms with Crippen molar-refractivity contribution in [2.24, 2.45) is 0 Å². The van der Waals surface area contributed by atoms with Gasteiger partial charge in [-0.2, -0.15) is 0 Å². The van der Waals surface area contributed by atoms with Gasteiger partial charge in [0.25, 0.3) is 0 Å². The van der Waals surface area contributed by atoms with Crippen LogP contribution in [0.2, 0.25) is 0 Å². The third-order valence-electron chi connectivity index (χ3n) is 3.58. The van der Waals surface area contributed by atoms with E-state index in [2.05, 4.69) is 5.32 Å². The van der Waals surface area contributed by atoms with Crippen molar-refractivity contribution in [2.45, 2.75) is 40.2 Å². The van der Waals surface area contributed by atoms with Crippen molar-refractivity contribution in [1.29, 1.82) is 0 Å². The summed E-state index contributed by atoms with van der Waals surface area (Å²) in [5.74, 6) is 0.947. The van der Waals surface area contributed by atoms with Crippen LogP contribution in [0.3, 0.4) is 0 Å². The fourth-order valence-corrected chi connectivity index (χ4v) is 2.21. The zero-order chi connectivity index (χ0) is 21.6. The molecule has 7 nitrogen and oxygen atoms in total. The molecule has 154 valence electrons. The summed E-state index contributed by atoms with van der Waals surface area (Å²) >= 11 is 0. The second kappa shape index (κ2) is 9.34. The van der Waals surface area contributed by atoms with Gasteiger partial charge in [0.15, 0.2) is 28.8 Å². The van der Waals surface area contributed by atoms with E-state index in [1.807, 2.05) is 45.0 Å². The predicted octanol–water partition coefficient (Wildman–Crippen LogP) is 3.90. The molecule has 0 spiro atoms. The molecular weight excluding hydrogens is 374 g/mol. The maximum atomic E-state index is 12.2. The minimum Gasteiger partial charge on any atom is -0.450 e. The van der Waals surface area contributed by atoms with Crippen molar-refractivity contribution in [3.63, 3.8) is 0 Å². The molecule has 1 aliphatic heterocycles.